The highest BCUT2D eigenvalue weighted by Crippen LogP contribution is 2.25. The molecular formula is C13H20O4. The molecule has 0 aliphatic carbocycles. The molecule has 1 rings (SSSR count). The van der Waals surface area contributed by atoms with E-state index in [1.54, 1.807) is 25.3 Å². The number of aliphatic hydroxyl groups excluding tert-OH is 2. The Balaban J connectivity index is 2.74. The van der Waals surface area contributed by atoms with Crippen molar-refractivity contribution in [3.8, 4) is 11.5 Å². The fourth-order valence-electron chi connectivity index (χ4n) is 1.29. The molecule has 0 spiro atoms. The molecule has 0 amide bonds. The SMILES string of the molecule is COc1ccc(CO)c(OCC(O)C(C)C)c1. The summed E-state index contributed by atoms with van der Waals surface area (Å²) in [6, 6.07) is 5.21. The normalized spacial score (nSPS) is 12.6. The molecule has 96 valence electrons. The zero-order valence-electron chi connectivity index (χ0n) is 10.5. The predicted molar refractivity (Wildman–Crippen MR) is 65.3 cm³/mol. The standard InChI is InChI=1S/C13H20O4/c1-9(2)12(15)8-17-13-6-11(16-3)5-4-10(13)7-14/h4-6,9,12,14-15H,7-8H2,1-3H3. The fraction of sp³-hybridized carbons (Fsp3) is 0.538. The molecule has 0 aliphatic rings. The van der Waals surface area contributed by atoms with Crippen LogP contribution >= 0.6 is 0 Å². The smallest absolute Gasteiger partial charge is 0.128 e. The van der Waals surface area contributed by atoms with Crippen LogP contribution in [0.2, 0.25) is 0 Å². The van der Waals surface area contributed by atoms with Gasteiger partial charge in [0.25, 0.3) is 0 Å². The first-order valence-corrected chi connectivity index (χ1v) is 5.67. The summed E-state index contributed by atoms with van der Waals surface area (Å²) in [5, 5.41) is 18.8. The lowest BCUT2D eigenvalue weighted by molar-refractivity contribution is 0.0690. The molecule has 1 aromatic rings. The molecule has 4 heteroatoms. The molecule has 0 bridgehead atoms. The second-order valence-electron chi connectivity index (χ2n) is 4.25. The van der Waals surface area contributed by atoms with Crippen molar-refractivity contribution in [1.29, 1.82) is 0 Å². The van der Waals surface area contributed by atoms with Gasteiger partial charge in [-0.3, -0.25) is 0 Å². The maximum absolute atomic E-state index is 9.66. The van der Waals surface area contributed by atoms with Crippen molar-refractivity contribution in [2.45, 2.75) is 26.6 Å². The molecule has 1 atom stereocenters. The lowest BCUT2D eigenvalue weighted by atomic mass is 10.1. The fourth-order valence-corrected chi connectivity index (χ4v) is 1.29. The zero-order chi connectivity index (χ0) is 12.8. The van der Waals surface area contributed by atoms with Crippen LogP contribution in [0.4, 0.5) is 0 Å². The van der Waals surface area contributed by atoms with Crippen LogP contribution in [0.1, 0.15) is 19.4 Å². The molecule has 0 saturated carbocycles. The summed E-state index contributed by atoms with van der Waals surface area (Å²) in [5.74, 6) is 1.35. The molecule has 4 nitrogen and oxygen atoms in total. The van der Waals surface area contributed by atoms with Crippen LogP contribution in [0, 0.1) is 5.92 Å². The van der Waals surface area contributed by atoms with Crippen LogP contribution in [0.5, 0.6) is 11.5 Å². The van der Waals surface area contributed by atoms with Gasteiger partial charge in [0.15, 0.2) is 0 Å². The number of benzene rings is 1. The second kappa shape index (κ2) is 6.47. The van der Waals surface area contributed by atoms with E-state index in [-0.39, 0.29) is 19.1 Å². The van der Waals surface area contributed by atoms with E-state index < -0.39 is 6.10 Å². The Hall–Kier alpha value is -1.26. The average Bonchev–Trinajstić information content (AvgIpc) is 2.35. The van der Waals surface area contributed by atoms with E-state index in [9.17, 15) is 10.2 Å². The van der Waals surface area contributed by atoms with Gasteiger partial charge >= 0.3 is 0 Å². The summed E-state index contributed by atoms with van der Waals surface area (Å²) >= 11 is 0. The molecule has 17 heavy (non-hydrogen) atoms. The van der Waals surface area contributed by atoms with E-state index in [0.717, 1.165) is 0 Å². The lowest BCUT2D eigenvalue weighted by Crippen LogP contribution is -2.23. The quantitative estimate of drug-likeness (QED) is 0.792. The van der Waals surface area contributed by atoms with Gasteiger partial charge in [-0.25, -0.2) is 0 Å². The van der Waals surface area contributed by atoms with Gasteiger partial charge in [-0.1, -0.05) is 13.8 Å². The summed E-state index contributed by atoms with van der Waals surface area (Å²) in [4.78, 5) is 0. The first kappa shape index (κ1) is 13.8. The van der Waals surface area contributed by atoms with E-state index in [1.165, 1.54) is 0 Å². The molecule has 2 N–H and O–H groups in total. The van der Waals surface area contributed by atoms with Crippen molar-refractivity contribution >= 4 is 0 Å². The minimum Gasteiger partial charge on any atom is -0.497 e. The molecule has 0 fully saturated rings. The van der Waals surface area contributed by atoms with E-state index in [2.05, 4.69) is 0 Å². The molecule has 1 aromatic carbocycles. The van der Waals surface area contributed by atoms with Crippen LogP contribution in [-0.4, -0.2) is 30.0 Å². The third-order valence-corrected chi connectivity index (χ3v) is 2.62. The van der Waals surface area contributed by atoms with Gasteiger partial charge in [0.1, 0.15) is 18.1 Å². The van der Waals surface area contributed by atoms with E-state index in [4.69, 9.17) is 9.47 Å². The topological polar surface area (TPSA) is 58.9 Å². The Bertz CT molecular complexity index is 349. The predicted octanol–water partition coefficient (Wildman–Crippen LogP) is 1.58. The lowest BCUT2D eigenvalue weighted by Gasteiger charge is -2.17. The van der Waals surface area contributed by atoms with Gasteiger partial charge in [-0.15, -0.1) is 0 Å². The third-order valence-electron chi connectivity index (χ3n) is 2.62. The Kier molecular flexibility index (Phi) is 5.25. The van der Waals surface area contributed by atoms with Crippen molar-refractivity contribution in [3.05, 3.63) is 23.8 Å². The van der Waals surface area contributed by atoms with E-state index >= 15 is 0 Å². The Labute approximate surface area is 102 Å². The van der Waals surface area contributed by atoms with Gasteiger partial charge in [-0.05, 0) is 18.1 Å². The van der Waals surface area contributed by atoms with Crippen molar-refractivity contribution in [2.75, 3.05) is 13.7 Å². The first-order valence-electron chi connectivity index (χ1n) is 5.67. The maximum Gasteiger partial charge on any atom is 0.128 e. The largest absolute Gasteiger partial charge is 0.497 e. The van der Waals surface area contributed by atoms with Gasteiger partial charge in [0, 0.05) is 11.6 Å². The highest BCUT2D eigenvalue weighted by Gasteiger charge is 2.12. The highest BCUT2D eigenvalue weighted by atomic mass is 16.5. The minimum atomic E-state index is -0.521. The second-order valence-corrected chi connectivity index (χ2v) is 4.25. The minimum absolute atomic E-state index is 0.100. The molecule has 0 saturated heterocycles. The Morgan fingerprint density at radius 3 is 2.53 bits per heavy atom. The van der Waals surface area contributed by atoms with Crippen LogP contribution in [0.25, 0.3) is 0 Å². The van der Waals surface area contributed by atoms with Gasteiger partial charge in [0.2, 0.25) is 0 Å². The third kappa shape index (κ3) is 3.91. The Morgan fingerprint density at radius 1 is 1.29 bits per heavy atom. The summed E-state index contributed by atoms with van der Waals surface area (Å²) < 4.78 is 10.6. The molecule has 0 aliphatic heterocycles. The van der Waals surface area contributed by atoms with Gasteiger partial charge in [0.05, 0.1) is 19.8 Å². The van der Waals surface area contributed by atoms with Crippen LogP contribution in [0.15, 0.2) is 18.2 Å². The van der Waals surface area contributed by atoms with Crippen molar-refractivity contribution < 1.29 is 19.7 Å². The molecule has 1 unspecified atom stereocenters. The monoisotopic (exact) mass is 240 g/mol. The van der Waals surface area contributed by atoms with Crippen molar-refractivity contribution in [1.82, 2.24) is 0 Å². The number of ether oxygens (including phenoxy) is 2. The molecule has 0 radical (unpaired) electrons. The number of hydrogen-bond acceptors (Lipinski definition) is 4. The summed E-state index contributed by atoms with van der Waals surface area (Å²) in [6.45, 7) is 3.95. The van der Waals surface area contributed by atoms with Gasteiger partial charge < -0.3 is 19.7 Å². The highest BCUT2D eigenvalue weighted by molar-refractivity contribution is 5.40. The summed E-state index contributed by atoms with van der Waals surface area (Å²) in [5.41, 5.74) is 0.682. The summed E-state index contributed by atoms with van der Waals surface area (Å²) in [7, 11) is 1.57. The number of methoxy groups -OCH3 is 1. The van der Waals surface area contributed by atoms with Crippen molar-refractivity contribution in [2.24, 2.45) is 5.92 Å². The maximum atomic E-state index is 9.66. The van der Waals surface area contributed by atoms with Crippen molar-refractivity contribution in [3.63, 3.8) is 0 Å². The first-order chi connectivity index (χ1) is 8.08. The molecule has 0 aromatic heterocycles. The molecule has 0 heterocycles. The van der Waals surface area contributed by atoms with Crippen LogP contribution in [0.3, 0.4) is 0 Å². The zero-order valence-corrected chi connectivity index (χ0v) is 10.5. The molecular weight excluding hydrogens is 220 g/mol. The van der Waals surface area contributed by atoms with Crippen LogP contribution in [-0.2, 0) is 6.61 Å². The Morgan fingerprint density at radius 2 is 2.00 bits per heavy atom. The number of aliphatic hydroxyl groups is 2. The van der Waals surface area contributed by atoms with E-state index in [1.807, 2.05) is 13.8 Å². The number of hydrogen-bond donors (Lipinski definition) is 2. The van der Waals surface area contributed by atoms with Gasteiger partial charge in [-0.2, -0.15) is 0 Å². The summed E-state index contributed by atoms with van der Waals surface area (Å²) in [6.07, 6.45) is -0.521. The number of rotatable bonds is 6. The van der Waals surface area contributed by atoms with E-state index in [0.29, 0.717) is 17.1 Å². The average molecular weight is 240 g/mol. The van der Waals surface area contributed by atoms with Crippen LogP contribution < -0.4 is 9.47 Å².